The van der Waals surface area contributed by atoms with Crippen LogP contribution in [0.15, 0.2) is 90.0 Å². The van der Waals surface area contributed by atoms with Gasteiger partial charge < -0.3 is 9.47 Å². The van der Waals surface area contributed by atoms with Crippen molar-refractivity contribution in [1.29, 1.82) is 0 Å². The van der Waals surface area contributed by atoms with Gasteiger partial charge in [-0.05, 0) is 53.6 Å². The third kappa shape index (κ3) is 6.42. The third-order valence-corrected chi connectivity index (χ3v) is 5.19. The SMILES string of the molecule is COC(=O)c1ccc(C=NNC(=O)c2cc(-c3ccc(OCCc4ccccc4)cc3)n[nH]2)cc1. The summed E-state index contributed by atoms with van der Waals surface area (Å²) in [5, 5.41) is 10.9. The Balaban J connectivity index is 1.29. The van der Waals surface area contributed by atoms with Crippen molar-refractivity contribution in [3.05, 3.63) is 107 Å². The second-order valence-corrected chi connectivity index (χ2v) is 7.59. The van der Waals surface area contributed by atoms with E-state index in [1.54, 1.807) is 30.3 Å². The van der Waals surface area contributed by atoms with Gasteiger partial charge in [0.05, 0.1) is 31.2 Å². The van der Waals surface area contributed by atoms with Crippen molar-refractivity contribution in [2.24, 2.45) is 5.10 Å². The lowest BCUT2D eigenvalue weighted by atomic mass is 10.1. The molecule has 0 spiro atoms. The highest BCUT2D eigenvalue weighted by Crippen LogP contribution is 2.21. The van der Waals surface area contributed by atoms with Crippen molar-refractivity contribution in [2.75, 3.05) is 13.7 Å². The summed E-state index contributed by atoms with van der Waals surface area (Å²) in [7, 11) is 1.33. The molecular formula is C27H24N4O4. The van der Waals surface area contributed by atoms with Crippen LogP contribution in [0.4, 0.5) is 0 Å². The fourth-order valence-corrected chi connectivity index (χ4v) is 3.29. The minimum absolute atomic E-state index is 0.279. The molecule has 1 aromatic heterocycles. The summed E-state index contributed by atoms with van der Waals surface area (Å²) < 4.78 is 10.5. The molecule has 0 aliphatic carbocycles. The predicted molar refractivity (Wildman–Crippen MR) is 133 cm³/mol. The Bertz CT molecular complexity index is 1300. The van der Waals surface area contributed by atoms with Gasteiger partial charge in [0.15, 0.2) is 0 Å². The first-order valence-corrected chi connectivity index (χ1v) is 11.0. The molecule has 0 aliphatic heterocycles. The van der Waals surface area contributed by atoms with Crippen LogP contribution in [0, 0.1) is 0 Å². The zero-order valence-electron chi connectivity index (χ0n) is 19.1. The van der Waals surface area contributed by atoms with E-state index in [0.717, 1.165) is 17.7 Å². The van der Waals surface area contributed by atoms with Gasteiger partial charge in [0, 0.05) is 12.0 Å². The number of hydrogen-bond acceptors (Lipinski definition) is 6. The lowest BCUT2D eigenvalue weighted by Gasteiger charge is -2.06. The summed E-state index contributed by atoms with van der Waals surface area (Å²) in [6.45, 7) is 0.589. The number of amides is 1. The fraction of sp³-hybridized carbons (Fsp3) is 0.111. The number of aromatic amines is 1. The van der Waals surface area contributed by atoms with Gasteiger partial charge in [0.25, 0.3) is 5.91 Å². The fourth-order valence-electron chi connectivity index (χ4n) is 3.29. The summed E-state index contributed by atoms with van der Waals surface area (Å²) in [5.74, 6) is -0.0683. The van der Waals surface area contributed by atoms with Crippen molar-refractivity contribution in [3.8, 4) is 17.0 Å². The molecule has 1 amide bonds. The Morgan fingerprint density at radius 1 is 1.00 bits per heavy atom. The van der Waals surface area contributed by atoms with E-state index in [4.69, 9.17) is 4.74 Å². The van der Waals surface area contributed by atoms with E-state index in [1.807, 2.05) is 42.5 Å². The second-order valence-electron chi connectivity index (χ2n) is 7.59. The molecule has 0 aliphatic rings. The van der Waals surface area contributed by atoms with E-state index in [2.05, 4.69) is 37.6 Å². The number of benzene rings is 3. The third-order valence-electron chi connectivity index (χ3n) is 5.19. The van der Waals surface area contributed by atoms with Crippen LogP contribution in [-0.4, -0.2) is 42.0 Å². The van der Waals surface area contributed by atoms with Crippen LogP contribution < -0.4 is 10.2 Å². The maximum Gasteiger partial charge on any atom is 0.337 e. The average molecular weight is 469 g/mol. The number of hydrogen-bond donors (Lipinski definition) is 2. The minimum atomic E-state index is -0.424. The zero-order chi connectivity index (χ0) is 24.5. The Morgan fingerprint density at radius 2 is 1.74 bits per heavy atom. The van der Waals surface area contributed by atoms with Crippen LogP contribution in [0.25, 0.3) is 11.3 Å². The Kier molecular flexibility index (Phi) is 7.65. The molecule has 4 aromatic rings. The van der Waals surface area contributed by atoms with E-state index in [0.29, 0.717) is 23.4 Å². The number of carbonyl (C=O) groups excluding carboxylic acids is 2. The molecule has 0 saturated carbocycles. The molecule has 8 heteroatoms. The van der Waals surface area contributed by atoms with Gasteiger partial charge in [-0.2, -0.15) is 10.2 Å². The molecule has 35 heavy (non-hydrogen) atoms. The lowest BCUT2D eigenvalue weighted by molar-refractivity contribution is 0.0600. The van der Waals surface area contributed by atoms with Crippen molar-refractivity contribution in [2.45, 2.75) is 6.42 Å². The summed E-state index contributed by atoms with van der Waals surface area (Å²) in [5.41, 5.74) is 6.60. The first-order chi connectivity index (χ1) is 17.1. The molecular weight excluding hydrogens is 444 g/mol. The molecule has 8 nitrogen and oxygen atoms in total. The van der Waals surface area contributed by atoms with Crippen molar-refractivity contribution >= 4 is 18.1 Å². The standard InChI is InChI=1S/C27H24N4O4/c1-34-27(33)22-9-7-20(8-10-22)18-28-31-26(32)25-17-24(29-30-25)21-11-13-23(14-12-21)35-16-15-19-5-3-2-4-6-19/h2-14,17-18H,15-16H2,1H3,(H,29,30)(H,31,32). The van der Waals surface area contributed by atoms with Gasteiger partial charge in [0.1, 0.15) is 11.4 Å². The minimum Gasteiger partial charge on any atom is -0.493 e. The summed E-state index contributed by atoms with van der Waals surface area (Å²) >= 11 is 0. The number of ether oxygens (including phenoxy) is 2. The van der Waals surface area contributed by atoms with Gasteiger partial charge in [-0.25, -0.2) is 10.2 Å². The number of nitrogens with one attached hydrogen (secondary N) is 2. The van der Waals surface area contributed by atoms with Crippen LogP contribution in [0.2, 0.25) is 0 Å². The highest BCUT2D eigenvalue weighted by Gasteiger charge is 2.11. The molecule has 0 unspecified atom stereocenters. The molecule has 0 radical (unpaired) electrons. The van der Waals surface area contributed by atoms with E-state index in [1.165, 1.54) is 18.9 Å². The van der Waals surface area contributed by atoms with Gasteiger partial charge in [-0.3, -0.25) is 9.89 Å². The molecule has 176 valence electrons. The largest absolute Gasteiger partial charge is 0.493 e. The Hall–Kier alpha value is -4.72. The van der Waals surface area contributed by atoms with Crippen LogP contribution in [0.3, 0.4) is 0 Å². The summed E-state index contributed by atoms with van der Waals surface area (Å²) in [6.07, 6.45) is 2.31. The number of carbonyl (C=O) groups is 2. The van der Waals surface area contributed by atoms with Gasteiger partial charge >= 0.3 is 5.97 Å². The first kappa shape index (κ1) is 23.4. The topological polar surface area (TPSA) is 106 Å². The number of esters is 1. The van der Waals surface area contributed by atoms with Gasteiger partial charge in [0.2, 0.25) is 0 Å². The highest BCUT2D eigenvalue weighted by molar-refractivity contribution is 5.94. The molecule has 0 fully saturated rings. The second kappa shape index (κ2) is 11.4. The van der Waals surface area contributed by atoms with Crippen molar-refractivity contribution < 1.29 is 19.1 Å². The molecule has 0 atom stereocenters. The Labute approximate surface area is 202 Å². The van der Waals surface area contributed by atoms with Crippen LogP contribution in [-0.2, 0) is 11.2 Å². The normalized spacial score (nSPS) is 10.8. The number of nitrogens with zero attached hydrogens (tertiary/aromatic N) is 2. The number of hydrazone groups is 1. The summed E-state index contributed by atoms with van der Waals surface area (Å²) in [4.78, 5) is 23.8. The highest BCUT2D eigenvalue weighted by atomic mass is 16.5. The van der Waals surface area contributed by atoms with Crippen molar-refractivity contribution in [1.82, 2.24) is 15.6 Å². The maximum atomic E-state index is 12.4. The molecule has 0 saturated heterocycles. The number of rotatable bonds is 9. The van der Waals surface area contributed by atoms with Crippen molar-refractivity contribution in [3.63, 3.8) is 0 Å². The lowest BCUT2D eigenvalue weighted by Crippen LogP contribution is -2.18. The number of aromatic nitrogens is 2. The van der Waals surface area contributed by atoms with E-state index < -0.39 is 11.9 Å². The molecule has 3 aromatic carbocycles. The van der Waals surface area contributed by atoms with Crippen LogP contribution >= 0.6 is 0 Å². The average Bonchev–Trinajstić information content (AvgIpc) is 3.40. The van der Waals surface area contributed by atoms with Gasteiger partial charge in [-0.1, -0.05) is 42.5 Å². The first-order valence-electron chi connectivity index (χ1n) is 11.0. The maximum absolute atomic E-state index is 12.4. The Morgan fingerprint density at radius 3 is 2.46 bits per heavy atom. The quantitative estimate of drug-likeness (QED) is 0.217. The molecule has 4 rings (SSSR count). The molecule has 2 N–H and O–H groups in total. The summed E-state index contributed by atoms with van der Waals surface area (Å²) in [6, 6.07) is 26.0. The van der Waals surface area contributed by atoms with E-state index >= 15 is 0 Å². The smallest absolute Gasteiger partial charge is 0.337 e. The number of methoxy groups -OCH3 is 1. The zero-order valence-corrected chi connectivity index (χ0v) is 19.1. The molecule has 1 heterocycles. The monoisotopic (exact) mass is 468 g/mol. The van der Waals surface area contributed by atoms with E-state index in [-0.39, 0.29) is 5.69 Å². The van der Waals surface area contributed by atoms with Crippen LogP contribution in [0.1, 0.15) is 32.0 Å². The number of H-pyrrole nitrogens is 1. The molecule has 0 bridgehead atoms. The predicted octanol–water partition coefficient (Wildman–Crippen LogP) is 4.25. The van der Waals surface area contributed by atoms with E-state index in [9.17, 15) is 9.59 Å². The van der Waals surface area contributed by atoms with Gasteiger partial charge in [-0.15, -0.1) is 0 Å². The van der Waals surface area contributed by atoms with Crippen LogP contribution in [0.5, 0.6) is 5.75 Å².